The van der Waals surface area contributed by atoms with Crippen molar-refractivity contribution in [3.05, 3.63) is 72.8 Å². The number of hydrogen-bond donors (Lipinski definition) is 1. The summed E-state index contributed by atoms with van der Waals surface area (Å²) in [4.78, 5) is 8.23. The van der Waals surface area contributed by atoms with Crippen LogP contribution in [0.4, 0.5) is 0 Å². The van der Waals surface area contributed by atoms with Gasteiger partial charge in [0.15, 0.2) is 11.5 Å². The van der Waals surface area contributed by atoms with Crippen LogP contribution in [-0.4, -0.2) is 41.5 Å². The molecular weight excluding hydrogens is 416 g/mol. The Bertz CT molecular complexity index is 1370. The van der Waals surface area contributed by atoms with E-state index in [-0.39, 0.29) is 0 Å². The van der Waals surface area contributed by atoms with E-state index in [4.69, 9.17) is 19.2 Å². The first kappa shape index (κ1) is 20.5. The molecule has 7 nitrogen and oxygen atoms in total. The molecule has 3 aromatic carbocycles. The number of imidazole rings is 1. The summed E-state index contributed by atoms with van der Waals surface area (Å²) < 4.78 is 16.6. The zero-order valence-electron chi connectivity index (χ0n) is 18.5. The summed E-state index contributed by atoms with van der Waals surface area (Å²) in [5, 5.41) is 9.13. The van der Waals surface area contributed by atoms with Crippen LogP contribution in [0.5, 0.6) is 17.2 Å². The maximum Gasteiger partial charge on any atom is 0.203 e. The standard InChI is InChI=1S/C26H22N4O3/c1-31-22-13-17(14-23(32-2)25(22)33-3)24-18(26-27-19-11-7-8-12-20(19)28-26)15-21(29-30-24)16-9-5-4-6-10-16/h4-15H,1-3H3,(H,27,28). The van der Waals surface area contributed by atoms with Gasteiger partial charge in [0, 0.05) is 16.7 Å². The van der Waals surface area contributed by atoms with Crippen molar-refractivity contribution < 1.29 is 14.2 Å². The molecule has 0 radical (unpaired) electrons. The van der Waals surface area contributed by atoms with Crippen molar-refractivity contribution >= 4 is 11.0 Å². The second-order valence-corrected chi connectivity index (χ2v) is 7.37. The summed E-state index contributed by atoms with van der Waals surface area (Å²) in [6.45, 7) is 0. The van der Waals surface area contributed by atoms with Gasteiger partial charge in [-0.05, 0) is 30.3 Å². The number of aromatic amines is 1. The molecule has 0 fully saturated rings. The van der Waals surface area contributed by atoms with Crippen LogP contribution in [0.25, 0.3) is 44.9 Å². The molecule has 7 heteroatoms. The van der Waals surface area contributed by atoms with Crippen molar-refractivity contribution in [3.63, 3.8) is 0 Å². The van der Waals surface area contributed by atoms with Crippen LogP contribution in [0.15, 0.2) is 72.8 Å². The highest BCUT2D eigenvalue weighted by Gasteiger charge is 2.20. The fourth-order valence-electron chi connectivity index (χ4n) is 3.83. The van der Waals surface area contributed by atoms with E-state index < -0.39 is 0 Å². The second-order valence-electron chi connectivity index (χ2n) is 7.37. The largest absolute Gasteiger partial charge is 0.493 e. The molecule has 0 aliphatic rings. The van der Waals surface area contributed by atoms with Crippen molar-refractivity contribution in [2.75, 3.05) is 21.3 Å². The van der Waals surface area contributed by atoms with Gasteiger partial charge < -0.3 is 19.2 Å². The number of nitrogens with zero attached hydrogens (tertiary/aromatic N) is 3. The predicted octanol–water partition coefficient (Wildman–Crippen LogP) is 5.38. The highest BCUT2D eigenvalue weighted by atomic mass is 16.5. The minimum absolute atomic E-state index is 0.517. The Morgan fingerprint density at radius 1 is 0.697 bits per heavy atom. The Morgan fingerprint density at radius 2 is 1.39 bits per heavy atom. The molecule has 33 heavy (non-hydrogen) atoms. The molecule has 0 bridgehead atoms. The maximum atomic E-state index is 5.55. The van der Waals surface area contributed by atoms with Crippen molar-refractivity contribution in [1.29, 1.82) is 0 Å². The third kappa shape index (κ3) is 3.74. The Labute approximate surface area is 191 Å². The van der Waals surface area contributed by atoms with Gasteiger partial charge in [0.2, 0.25) is 5.75 Å². The van der Waals surface area contributed by atoms with E-state index >= 15 is 0 Å². The van der Waals surface area contributed by atoms with Gasteiger partial charge in [-0.1, -0.05) is 42.5 Å². The first-order valence-electron chi connectivity index (χ1n) is 10.4. The second kappa shape index (κ2) is 8.63. The number of para-hydroxylation sites is 2. The quantitative estimate of drug-likeness (QED) is 0.383. The topological polar surface area (TPSA) is 82.2 Å². The van der Waals surface area contributed by atoms with E-state index in [1.165, 1.54) is 0 Å². The lowest BCUT2D eigenvalue weighted by atomic mass is 10.0. The number of benzene rings is 3. The normalized spacial score (nSPS) is 10.9. The monoisotopic (exact) mass is 438 g/mol. The summed E-state index contributed by atoms with van der Waals surface area (Å²) >= 11 is 0. The Hall–Kier alpha value is -4.39. The van der Waals surface area contributed by atoms with E-state index in [9.17, 15) is 0 Å². The molecule has 2 heterocycles. The fourth-order valence-corrected chi connectivity index (χ4v) is 3.83. The molecule has 5 aromatic rings. The van der Waals surface area contributed by atoms with Gasteiger partial charge in [0.1, 0.15) is 11.5 Å². The van der Waals surface area contributed by atoms with Crippen molar-refractivity contribution in [3.8, 4) is 51.2 Å². The molecule has 0 saturated carbocycles. The van der Waals surface area contributed by atoms with Crippen LogP contribution in [-0.2, 0) is 0 Å². The number of methoxy groups -OCH3 is 3. The van der Waals surface area contributed by atoms with Crippen LogP contribution < -0.4 is 14.2 Å². The average molecular weight is 438 g/mol. The Kier molecular flexibility index (Phi) is 5.36. The van der Waals surface area contributed by atoms with Gasteiger partial charge in [-0.15, -0.1) is 10.2 Å². The van der Waals surface area contributed by atoms with Crippen molar-refractivity contribution in [2.24, 2.45) is 0 Å². The lowest BCUT2D eigenvalue weighted by Crippen LogP contribution is -1.99. The van der Waals surface area contributed by atoms with Crippen LogP contribution in [0.3, 0.4) is 0 Å². The van der Waals surface area contributed by atoms with Gasteiger partial charge in [-0.25, -0.2) is 4.98 Å². The Morgan fingerprint density at radius 3 is 2.06 bits per heavy atom. The zero-order chi connectivity index (χ0) is 22.8. The highest BCUT2D eigenvalue weighted by molar-refractivity contribution is 5.86. The molecule has 164 valence electrons. The number of nitrogens with one attached hydrogen (secondary N) is 1. The molecule has 2 aromatic heterocycles. The van der Waals surface area contributed by atoms with Crippen LogP contribution in [0, 0.1) is 0 Å². The lowest BCUT2D eigenvalue weighted by molar-refractivity contribution is 0.324. The van der Waals surface area contributed by atoms with E-state index in [2.05, 4.69) is 15.2 Å². The predicted molar refractivity (Wildman–Crippen MR) is 128 cm³/mol. The van der Waals surface area contributed by atoms with E-state index in [0.717, 1.165) is 33.4 Å². The van der Waals surface area contributed by atoms with Crippen LogP contribution in [0.1, 0.15) is 0 Å². The molecule has 0 aliphatic carbocycles. The molecule has 0 unspecified atom stereocenters. The fraction of sp³-hybridized carbons (Fsp3) is 0.115. The molecule has 0 atom stereocenters. The highest BCUT2D eigenvalue weighted by Crippen LogP contribution is 2.42. The van der Waals surface area contributed by atoms with E-state index in [0.29, 0.717) is 28.8 Å². The van der Waals surface area contributed by atoms with E-state index in [1.54, 1.807) is 21.3 Å². The number of hydrogen-bond acceptors (Lipinski definition) is 6. The lowest BCUT2D eigenvalue weighted by Gasteiger charge is -2.15. The summed E-state index contributed by atoms with van der Waals surface area (Å²) in [6, 6.07) is 23.6. The first-order chi connectivity index (χ1) is 16.2. The van der Waals surface area contributed by atoms with E-state index in [1.807, 2.05) is 72.8 Å². The SMILES string of the molecule is COc1cc(-c2nnc(-c3ccccc3)cc2-c2nc3ccccc3[nH]2)cc(OC)c1OC. The van der Waals surface area contributed by atoms with Gasteiger partial charge in [-0.2, -0.15) is 0 Å². The average Bonchev–Trinajstić information content (AvgIpc) is 3.32. The molecule has 0 amide bonds. The van der Waals surface area contributed by atoms with Crippen LogP contribution >= 0.6 is 0 Å². The number of aromatic nitrogens is 4. The molecule has 0 aliphatic heterocycles. The third-order valence-corrected chi connectivity index (χ3v) is 5.45. The smallest absolute Gasteiger partial charge is 0.203 e. The van der Waals surface area contributed by atoms with Crippen LogP contribution in [0.2, 0.25) is 0 Å². The number of ether oxygens (including phenoxy) is 3. The Balaban J connectivity index is 1.75. The summed E-state index contributed by atoms with van der Waals surface area (Å²) in [5.41, 5.74) is 5.78. The minimum Gasteiger partial charge on any atom is -0.493 e. The third-order valence-electron chi connectivity index (χ3n) is 5.45. The number of rotatable bonds is 6. The first-order valence-corrected chi connectivity index (χ1v) is 10.4. The van der Waals surface area contributed by atoms with Crippen molar-refractivity contribution in [2.45, 2.75) is 0 Å². The van der Waals surface area contributed by atoms with Gasteiger partial charge in [0.25, 0.3) is 0 Å². The van der Waals surface area contributed by atoms with Crippen molar-refractivity contribution in [1.82, 2.24) is 20.2 Å². The van der Waals surface area contributed by atoms with Gasteiger partial charge >= 0.3 is 0 Å². The maximum absolute atomic E-state index is 5.55. The molecule has 0 spiro atoms. The van der Waals surface area contributed by atoms with Gasteiger partial charge in [0.05, 0.1) is 38.1 Å². The number of fused-ring (bicyclic) bond motifs is 1. The molecule has 0 saturated heterocycles. The molecule has 1 N–H and O–H groups in total. The number of H-pyrrole nitrogens is 1. The molecular formula is C26H22N4O3. The molecule has 5 rings (SSSR count). The minimum atomic E-state index is 0.517. The summed E-state index contributed by atoms with van der Waals surface area (Å²) in [6.07, 6.45) is 0. The summed E-state index contributed by atoms with van der Waals surface area (Å²) in [5.74, 6) is 2.29. The zero-order valence-corrected chi connectivity index (χ0v) is 18.5. The van der Waals surface area contributed by atoms with Gasteiger partial charge in [-0.3, -0.25) is 0 Å². The summed E-state index contributed by atoms with van der Waals surface area (Å²) in [7, 11) is 4.76.